The monoisotopic (exact) mass is 386 g/mol. The first-order valence-electron chi connectivity index (χ1n) is 5.79. The average Bonchev–Trinajstić information content (AvgIpc) is 3.17. The van der Waals surface area contributed by atoms with Crippen LogP contribution in [0, 0.1) is 5.82 Å². The van der Waals surface area contributed by atoms with Gasteiger partial charge in [0, 0.05) is 18.1 Å². The molecule has 1 aliphatic rings. The van der Waals surface area contributed by atoms with E-state index >= 15 is 0 Å². The fraction of sp³-hybridized carbons (Fsp3) is 0.231. The van der Waals surface area contributed by atoms with Gasteiger partial charge >= 0.3 is 0 Å². The molecule has 0 aliphatic heterocycles. The van der Waals surface area contributed by atoms with Crippen LogP contribution in [0.3, 0.4) is 0 Å². The zero-order chi connectivity index (χ0) is 13.4. The van der Waals surface area contributed by atoms with Crippen LogP contribution in [-0.4, -0.2) is 9.97 Å². The van der Waals surface area contributed by atoms with E-state index in [2.05, 4.69) is 41.8 Å². The Bertz CT molecular complexity index is 632. The van der Waals surface area contributed by atoms with Crippen LogP contribution in [0.4, 0.5) is 4.39 Å². The van der Waals surface area contributed by atoms with Crippen LogP contribution >= 0.6 is 31.9 Å². The minimum Gasteiger partial charge on any atom is -0.438 e. The molecular formula is C13H9Br2FN2O. The van der Waals surface area contributed by atoms with Crippen molar-refractivity contribution >= 4 is 31.9 Å². The number of benzene rings is 1. The summed E-state index contributed by atoms with van der Waals surface area (Å²) in [5, 5.41) is 0. The van der Waals surface area contributed by atoms with Crippen LogP contribution in [0.5, 0.6) is 11.6 Å². The number of aromatic nitrogens is 2. The van der Waals surface area contributed by atoms with E-state index in [0.717, 1.165) is 18.7 Å². The molecule has 1 aromatic carbocycles. The van der Waals surface area contributed by atoms with E-state index < -0.39 is 0 Å². The lowest BCUT2D eigenvalue weighted by atomic mass is 10.3. The molecule has 1 fully saturated rings. The highest BCUT2D eigenvalue weighted by Crippen LogP contribution is 2.39. The Morgan fingerprint density at radius 1 is 1.16 bits per heavy atom. The van der Waals surface area contributed by atoms with Gasteiger partial charge in [0.2, 0.25) is 5.88 Å². The number of nitrogens with zero attached hydrogens (tertiary/aromatic N) is 2. The van der Waals surface area contributed by atoms with Crippen LogP contribution in [0.25, 0.3) is 0 Å². The van der Waals surface area contributed by atoms with E-state index in [1.165, 1.54) is 12.1 Å². The smallest absolute Gasteiger partial charge is 0.223 e. The van der Waals surface area contributed by atoms with Crippen LogP contribution in [0.15, 0.2) is 33.3 Å². The van der Waals surface area contributed by atoms with Crippen molar-refractivity contribution in [2.75, 3.05) is 0 Å². The molecule has 1 heterocycles. The molecule has 2 aromatic rings. The predicted molar refractivity (Wildman–Crippen MR) is 75.9 cm³/mol. The summed E-state index contributed by atoms with van der Waals surface area (Å²) < 4.78 is 20.2. The zero-order valence-electron chi connectivity index (χ0n) is 9.74. The molecule has 0 bridgehead atoms. The number of ether oxygens (including phenoxy) is 1. The van der Waals surface area contributed by atoms with Crippen molar-refractivity contribution in [3.05, 3.63) is 45.0 Å². The molecule has 1 saturated carbocycles. The second-order valence-corrected chi connectivity index (χ2v) is 6.00. The van der Waals surface area contributed by atoms with E-state index in [1.807, 2.05) is 0 Å². The Labute approximate surface area is 126 Å². The molecular weight excluding hydrogens is 379 g/mol. The number of hydrogen-bond donors (Lipinski definition) is 0. The second-order valence-electron chi connectivity index (χ2n) is 4.34. The first-order valence-corrected chi connectivity index (χ1v) is 7.38. The lowest BCUT2D eigenvalue weighted by Crippen LogP contribution is -1.97. The molecule has 6 heteroatoms. The quantitative estimate of drug-likeness (QED) is 0.709. The summed E-state index contributed by atoms with van der Waals surface area (Å²) in [5.74, 6) is 1.66. The van der Waals surface area contributed by atoms with Gasteiger partial charge in [-0.05, 0) is 56.8 Å². The van der Waals surface area contributed by atoms with Crippen molar-refractivity contribution in [2.45, 2.75) is 18.8 Å². The minimum atomic E-state index is -0.353. The predicted octanol–water partition coefficient (Wildman–Crippen LogP) is 4.81. The standard InChI is InChI=1S/C13H9Br2FN2O/c14-9-4-3-8(16)5-10(9)19-12-6-11(15)17-13(18-12)7-1-2-7/h3-7H,1-2H2. The van der Waals surface area contributed by atoms with E-state index in [-0.39, 0.29) is 5.82 Å². The fourth-order valence-corrected chi connectivity index (χ4v) is 2.36. The van der Waals surface area contributed by atoms with E-state index in [0.29, 0.717) is 26.6 Å². The first-order chi connectivity index (χ1) is 9.11. The van der Waals surface area contributed by atoms with Gasteiger partial charge in [-0.25, -0.2) is 9.37 Å². The lowest BCUT2D eigenvalue weighted by Gasteiger charge is -2.08. The Balaban J connectivity index is 1.92. The van der Waals surface area contributed by atoms with Gasteiger partial charge in [0.25, 0.3) is 0 Å². The molecule has 1 aromatic heterocycles. The minimum absolute atomic E-state index is 0.353. The van der Waals surface area contributed by atoms with Gasteiger partial charge in [0.1, 0.15) is 22.0 Å². The van der Waals surface area contributed by atoms with Crippen LogP contribution in [0.1, 0.15) is 24.6 Å². The van der Waals surface area contributed by atoms with Crippen molar-refractivity contribution in [3.63, 3.8) is 0 Å². The second kappa shape index (κ2) is 5.17. The van der Waals surface area contributed by atoms with Gasteiger partial charge in [-0.3, -0.25) is 0 Å². The molecule has 0 atom stereocenters. The normalized spacial score (nSPS) is 14.5. The van der Waals surface area contributed by atoms with Gasteiger partial charge in [0.05, 0.1) is 4.47 Å². The van der Waals surface area contributed by atoms with Crippen molar-refractivity contribution in [2.24, 2.45) is 0 Å². The summed E-state index contributed by atoms with van der Waals surface area (Å²) >= 11 is 6.66. The van der Waals surface area contributed by atoms with E-state index in [9.17, 15) is 4.39 Å². The Hall–Kier alpha value is -1.01. The average molecular weight is 388 g/mol. The highest BCUT2D eigenvalue weighted by molar-refractivity contribution is 9.10. The summed E-state index contributed by atoms with van der Waals surface area (Å²) in [6.45, 7) is 0. The Morgan fingerprint density at radius 3 is 2.68 bits per heavy atom. The fourth-order valence-electron chi connectivity index (χ4n) is 1.66. The first kappa shape index (κ1) is 13.0. The molecule has 3 nitrogen and oxygen atoms in total. The van der Waals surface area contributed by atoms with Crippen LogP contribution in [-0.2, 0) is 0 Å². The van der Waals surface area contributed by atoms with E-state index in [1.54, 1.807) is 12.1 Å². The van der Waals surface area contributed by atoms with Crippen molar-refractivity contribution in [1.29, 1.82) is 0 Å². The SMILES string of the molecule is Fc1ccc(Br)c(Oc2cc(Br)nc(C3CC3)n2)c1. The molecule has 19 heavy (non-hydrogen) atoms. The van der Waals surface area contributed by atoms with Crippen LogP contribution < -0.4 is 4.74 Å². The number of rotatable bonds is 3. The third-order valence-electron chi connectivity index (χ3n) is 2.74. The van der Waals surface area contributed by atoms with Crippen molar-refractivity contribution < 1.29 is 9.13 Å². The topological polar surface area (TPSA) is 35.0 Å². The van der Waals surface area contributed by atoms with Crippen molar-refractivity contribution in [1.82, 2.24) is 9.97 Å². The summed E-state index contributed by atoms with van der Waals surface area (Å²) in [7, 11) is 0. The Kier molecular flexibility index (Phi) is 3.54. The van der Waals surface area contributed by atoms with Gasteiger partial charge in [-0.2, -0.15) is 4.98 Å². The number of hydrogen-bond acceptors (Lipinski definition) is 3. The number of halogens is 3. The molecule has 3 rings (SSSR count). The van der Waals surface area contributed by atoms with Gasteiger partial charge in [0.15, 0.2) is 0 Å². The maximum absolute atomic E-state index is 13.2. The summed E-state index contributed by atoms with van der Waals surface area (Å²) in [4.78, 5) is 8.67. The van der Waals surface area contributed by atoms with Gasteiger partial charge in [-0.1, -0.05) is 0 Å². The summed E-state index contributed by atoms with van der Waals surface area (Å²) in [6, 6.07) is 5.95. The molecule has 98 valence electrons. The highest BCUT2D eigenvalue weighted by atomic mass is 79.9. The highest BCUT2D eigenvalue weighted by Gasteiger charge is 2.27. The molecule has 0 radical (unpaired) electrons. The van der Waals surface area contributed by atoms with E-state index in [4.69, 9.17) is 4.74 Å². The molecule has 0 unspecified atom stereocenters. The lowest BCUT2D eigenvalue weighted by molar-refractivity contribution is 0.450. The van der Waals surface area contributed by atoms with Crippen molar-refractivity contribution in [3.8, 4) is 11.6 Å². The third-order valence-corrected chi connectivity index (χ3v) is 3.80. The molecule has 0 N–H and O–H groups in total. The largest absolute Gasteiger partial charge is 0.438 e. The Morgan fingerprint density at radius 2 is 1.95 bits per heavy atom. The molecule has 0 amide bonds. The molecule has 1 aliphatic carbocycles. The maximum Gasteiger partial charge on any atom is 0.223 e. The van der Waals surface area contributed by atoms with Gasteiger partial charge < -0.3 is 4.74 Å². The zero-order valence-corrected chi connectivity index (χ0v) is 12.9. The third kappa shape index (κ3) is 3.12. The summed E-state index contributed by atoms with van der Waals surface area (Å²) in [6.07, 6.45) is 2.22. The molecule has 0 saturated heterocycles. The van der Waals surface area contributed by atoms with Crippen LogP contribution in [0.2, 0.25) is 0 Å². The molecule has 0 spiro atoms. The summed E-state index contributed by atoms with van der Waals surface area (Å²) in [5.41, 5.74) is 0. The van der Waals surface area contributed by atoms with Gasteiger partial charge in [-0.15, -0.1) is 0 Å². The maximum atomic E-state index is 13.2.